The minimum Gasteiger partial charge on any atom is -0.312 e. The van der Waals surface area contributed by atoms with Crippen molar-refractivity contribution in [2.75, 3.05) is 6.54 Å². The molecule has 0 saturated heterocycles. The molecule has 0 spiro atoms. The average molecular weight is 235 g/mol. The highest BCUT2D eigenvalue weighted by Gasteiger charge is 2.22. The summed E-state index contributed by atoms with van der Waals surface area (Å²) in [7, 11) is 0. The summed E-state index contributed by atoms with van der Waals surface area (Å²) in [5.74, 6) is 0. The van der Waals surface area contributed by atoms with Crippen LogP contribution in [0.4, 0.5) is 0 Å². The van der Waals surface area contributed by atoms with Gasteiger partial charge in [0.25, 0.3) is 0 Å². The number of hydrogen-bond acceptors (Lipinski definition) is 2. The Morgan fingerprint density at radius 2 is 2.12 bits per heavy atom. The molecule has 1 aromatic heterocycles. The molecular formula is C14H25N3. The van der Waals surface area contributed by atoms with Crippen LogP contribution in [0.1, 0.15) is 57.5 Å². The Balaban J connectivity index is 2.06. The molecule has 1 unspecified atom stereocenters. The van der Waals surface area contributed by atoms with Crippen molar-refractivity contribution < 1.29 is 0 Å². The predicted octanol–water partition coefficient (Wildman–Crippen LogP) is 2.71. The van der Waals surface area contributed by atoms with E-state index in [1.807, 2.05) is 0 Å². The van der Waals surface area contributed by atoms with Gasteiger partial charge in [0.15, 0.2) is 0 Å². The largest absolute Gasteiger partial charge is 0.312 e. The number of rotatable bonds is 7. The van der Waals surface area contributed by atoms with Gasteiger partial charge in [-0.25, -0.2) is 0 Å². The summed E-state index contributed by atoms with van der Waals surface area (Å²) < 4.78 is 2.26. The highest BCUT2D eigenvalue weighted by Crippen LogP contribution is 2.21. The van der Waals surface area contributed by atoms with Crippen LogP contribution in [0.15, 0.2) is 6.07 Å². The van der Waals surface area contributed by atoms with E-state index in [0.29, 0.717) is 6.04 Å². The maximum absolute atomic E-state index is 4.75. The fraction of sp³-hybridized carbons (Fsp3) is 0.786. The summed E-state index contributed by atoms with van der Waals surface area (Å²) in [6.07, 6.45) is 5.98. The van der Waals surface area contributed by atoms with E-state index in [9.17, 15) is 0 Å². The van der Waals surface area contributed by atoms with E-state index in [-0.39, 0.29) is 0 Å². The Labute approximate surface area is 105 Å². The first-order valence-electron chi connectivity index (χ1n) is 7.09. The SMILES string of the molecule is CCc1cc(CC)n(C(CC)CNC2CC2)n1. The molecule has 1 N–H and O–H groups in total. The normalized spacial score (nSPS) is 17.4. The lowest BCUT2D eigenvalue weighted by Gasteiger charge is -2.18. The second kappa shape index (κ2) is 5.67. The van der Waals surface area contributed by atoms with Crippen LogP contribution in [0.5, 0.6) is 0 Å². The molecule has 1 heterocycles. The molecule has 0 radical (unpaired) electrons. The maximum Gasteiger partial charge on any atom is 0.0644 e. The Morgan fingerprint density at radius 3 is 2.65 bits per heavy atom. The van der Waals surface area contributed by atoms with Crippen molar-refractivity contribution in [1.29, 1.82) is 0 Å². The number of aryl methyl sites for hydroxylation is 2. The van der Waals surface area contributed by atoms with Crippen LogP contribution >= 0.6 is 0 Å². The molecule has 96 valence electrons. The molecule has 0 amide bonds. The van der Waals surface area contributed by atoms with E-state index >= 15 is 0 Å². The molecule has 1 aliphatic rings. The monoisotopic (exact) mass is 235 g/mol. The Hall–Kier alpha value is -0.830. The molecule has 1 aromatic rings. The molecule has 1 saturated carbocycles. The highest BCUT2D eigenvalue weighted by atomic mass is 15.3. The van der Waals surface area contributed by atoms with E-state index in [1.165, 1.54) is 24.2 Å². The van der Waals surface area contributed by atoms with Gasteiger partial charge in [-0.3, -0.25) is 4.68 Å². The van der Waals surface area contributed by atoms with Crippen molar-refractivity contribution in [3.05, 3.63) is 17.5 Å². The van der Waals surface area contributed by atoms with Gasteiger partial charge >= 0.3 is 0 Å². The van der Waals surface area contributed by atoms with Crippen LogP contribution < -0.4 is 5.32 Å². The summed E-state index contributed by atoms with van der Waals surface area (Å²) in [5, 5.41) is 8.37. The number of nitrogens with one attached hydrogen (secondary N) is 1. The first-order chi connectivity index (χ1) is 8.28. The minimum absolute atomic E-state index is 0.519. The van der Waals surface area contributed by atoms with Crippen molar-refractivity contribution in [3.63, 3.8) is 0 Å². The Kier molecular flexibility index (Phi) is 4.21. The highest BCUT2D eigenvalue weighted by molar-refractivity contribution is 5.11. The smallest absolute Gasteiger partial charge is 0.0644 e. The molecule has 2 rings (SSSR count). The van der Waals surface area contributed by atoms with Crippen LogP contribution in [-0.4, -0.2) is 22.4 Å². The third kappa shape index (κ3) is 3.09. The molecule has 0 aromatic carbocycles. The zero-order valence-corrected chi connectivity index (χ0v) is 11.4. The molecule has 1 fully saturated rings. The van der Waals surface area contributed by atoms with Gasteiger partial charge in [-0.15, -0.1) is 0 Å². The lowest BCUT2D eigenvalue weighted by Crippen LogP contribution is -2.28. The predicted molar refractivity (Wildman–Crippen MR) is 71.3 cm³/mol. The van der Waals surface area contributed by atoms with Gasteiger partial charge in [0.1, 0.15) is 0 Å². The van der Waals surface area contributed by atoms with E-state index in [0.717, 1.165) is 31.8 Å². The quantitative estimate of drug-likeness (QED) is 0.787. The fourth-order valence-electron chi connectivity index (χ4n) is 2.24. The van der Waals surface area contributed by atoms with Gasteiger partial charge in [0.2, 0.25) is 0 Å². The topological polar surface area (TPSA) is 29.9 Å². The molecule has 1 aliphatic carbocycles. The van der Waals surface area contributed by atoms with Crippen molar-refractivity contribution in [2.24, 2.45) is 0 Å². The van der Waals surface area contributed by atoms with Crippen molar-refractivity contribution in [2.45, 2.75) is 65.0 Å². The minimum atomic E-state index is 0.519. The molecule has 17 heavy (non-hydrogen) atoms. The molecule has 3 heteroatoms. The molecular weight excluding hydrogens is 210 g/mol. The molecule has 1 atom stereocenters. The number of aromatic nitrogens is 2. The maximum atomic E-state index is 4.75. The van der Waals surface area contributed by atoms with Crippen LogP contribution in [0.25, 0.3) is 0 Å². The van der Waals surface area contributed by atoms with Crippen LogP contribution in [-0.2, 0) is 12.8 Å². The number of hydrogen-bond donors (Lipinski definition) is 1. The van der Waals surface area contributed by atoms with E-state index in [1.54, 1.807) is 0 Å². The van der Waals surface area contributed by atoms with Crippen LogP contribution in [0.3, 0.4) is 0 Å². The zero-order valence-electron chi connectivity index (χ0n) is 11.4. The number of nitrogens with zero attached hydrogens (tertiary/aromatic N) is 2. The van der Waals surface area contributed by atoms with Gasteiger partial charge in [0, 0.05) is 18.3 Å². The van der Waals surface area contributed by atoms with Gasteiger partial charge in [-0.1, -0.05) is 20.8 Å². The third-order valence-corrected chi connectivity index (χ3v) is 3.62. The summed E-state index contributed by atoms with van der Waals surface area (Å²) in [4.78, 5) is 0. The van der Waals surface area contributed by atoms with Crippen LogP contribution in [0, 0.1) is 0 Å². The fourth-order valence-corrected chi connectivity index (χ4v) is 2.24. The lowest BCUT2D eigenvalue weighted by molar-refractivity contribution is 0.398. The van der Waals surface area contributed by atoms with E-state index in [4.69, 9.17) is 5.10 Å². The van der Waals surface area contributed by atoms with E-state index < -0.39 is 0 Å². The Bertz CT molecular complexity index is 352. The summed E-state index contributed by atoms with van der Waals surface area (Å²) in [6, 6.07) is 3.57. The zero-order chi connectivity index (χ0) is 12.3. The second-order valence-electron chi connectivity index (χ2n) is 5.02. The average Bonchev–Trinajstić information content (AvgIpc) is 3.08. The summed E-state index contributed by atoms with van der Waals surface area (Å²) >= 11 is 0. The van der Waals surface area contributed by atoms with E-state index in [2.05, 4.69) is 36.8 Å². The molecule has 3 nitrogen and oxygen atoms in total. The second-order valence-corrected chi connectivity index (χ2v) is 5.02. The third-order valence-electron chi connectivity index (χ3n) is 3.62. The van der Waals surface area contributed by atoms with Crippen LogP contribution in [0.2, 0.25) is 0 Å². The Morgan fingerprint density at radius 1 is 1.35 bits per heavy atom. The van der Waals surface area contributed by atoms with Crippen molar-refractivity contribution in [3.8, 4) is 0 Å². The van der Waals surface area contributed by atoms with Gasteiger partial charge < -0.3 is 5.32 Å². The van der Waals surface area contributed by atoms with Gasteiger partial charge in [-0.2, -0.15) is 5.10 Å². The molecule has 0 bridgehead atoms. The standard InChI is InChI=1S/C14H25N3/c1-4-11-9-13(5-2)17(16-11)14(6-3)10-15-12-7-8-12/h9,12,14-15H,4-8,10H2,1-3H3. The summed E-state index contributed by atoms with van der Waals surface area (Å²) in [5.41, 5.74) is 2.61. The summed E-state index contributed by atoms with van der Waals surface area (Å²) in [6.45, 7) is 7.72. The lowest BCUT2D eigenvalue weighted by atomic mass is 10.2. The first kappa shape index (κ1) is 12.6. The van der Waals surface area contributed by atoms with Crippen molar-refractivity contribution in [1.82, 2.24) is 15.1 Å². The van der Waals surface area contributed by atoms with Crippen molar-refractivity contribution >= 4 is 0 Å². The molecule has 0 aliphatic heterocycles. The van der Waals surface area contributed by atoms with Gasteiger partial charge in [-0.05, 0) is 38.2 Å². The first-order valence-corrected chi connectivity index (χ1v) is 7.09. The van der Waals surface area contributed by atoms with Gasteiger partial charge in [0.05, 0.1) is 11.7 Å².